The number of pyridine rings is 1. The molecule has 25 heavy (non-hydrogen) atoms. The van der Waals surface area contributed by atoms with Gasteiger partial charge in [-0.1, -0.05) is 29.4 Å². The van der Waals surface area contributed by atoms with E-state index in [2.05, 4.69) is 20.0 Å². The van der Waals surface area contributed by atoms with Gasteiger partial charge in [-0.25, -0.2) is 0 Å². The summed E-state index contributed by atoms with van der Waals surface area (Å²) in [5.41, 5.74) is 2.12. The fourth-order valence-electron chi connectivity index (χ4n) is 3.44. The van der Waals surface area contributed by atoms with Crippen molar-refractivity contribution in [1.29, 1.82) is 0 Å². The molecule has 0 aliphatic carbocycles. The van der Waals surface area contributed by atoms with Crippen LogP contribution in [-0.4, -0.2) is 38.2 Å². The van der Waals surface area contributed by atoms with E-state index < -0.39 is 5.60 Å². The summed E-state index contributed by atoms with van der Waals surface area (Å²) in [4.78, 5) is 10.7. The minimum atomic E-state index is -0.822. The zero-order valence-corrected chi connectivity index (χ0v) is 14.1. The van der Waals surface area contributed by atoms with E-state index in [-0.39, 0.29) is 0 Å². The maximum Gasteiger partial charge on any atom is 0.241 e. The highest BCUT2D eigenvalue weighted by atomic mass is 16.5. The van der Waals surface area contributed by atoms with E-state index in [0.717, 1.165) is 23.2 Å². The fourth-order valence-corrected chi connectivity index (χ4v) is 3.44. The third-order valence-electron chi connectivity index (χ3n) is 4.72. The minimum Gasteiger partial charge on any atom is -0.384 e. The van der Waals surface area contributed by atoms with Gasteiger partial charge in [0.2, 0.25) is 11.7 Å². The molecule has 0 saturated carbocycles. The number of aromatic nitrogens is 3. The molecule has 1 saturated heterocycles. The first kappa shape index (κ1) is 15.9. The van der Waals surface area contributed by atoms with Gasteiger partial charge in [0.05, 0.1) is 6.54 Å². The number of aliphatic hydroxyl groups is 1. The maximum absolute atomic E-state index is 11.1. The summed E-state index contributed by atoms with van der Waals surface area (Å²) in [6.07, 6.45) is 4.12. The molecule has 2 aromatic heterocycles. The topological polar surface area (TPSA) is 75.3 Å². The van der Waals surface area contributed by atoms with Crippen LogP contribution >= 0.6 is 0 Å². The van der Waals surface area contributed by atoms with E-state index in [1.165, 1.54) is 0 Å². The van der Waals surface area contributed by atoms with Crippen LogP contribution in [0.1, 0.15) is 23.4 Å². The Morgan fingerprint density at radius 2 is 2.12 bits per heavy atom. The molecule has 3 heterocycles. The number of hydrogen-bond donors (Lipinski definition) is 1. The van der Waals surface area contributed by atoms with Crippen molar-refractivity contribution in [2.24, 2.45) is 0 Å². The van der Waals surface area contributed by atoms with E-state index >= 15 is 0 Å². The minimum absolute atomic E-state index is 0.529. The molecule has 1 aliphatic heterocycles. The van der Waals surface area contributed by atoms with E-state index in [1.807, 2.05) is 43.3 Å². The van der Waals surface area contributed by atoms with Crippen LogP contribution in [0.2, 0.25) is 0 Å². The molecule has 0 radical (unpaired) electrons. The quantitative estimate of drug-likeness (QED) is 0.789. The van der Waals surface area contributed by atoms with Crippen LogP contribution in [0, 0.1) is 6.92 Å². The van der Waals surface area contributed by atoms with E-state index in [4.69, 9.17) is 4.52 Å². The van der Waals surface area contributed by atoms with E-state index in [1.54, 1.807) is 12.4 Å². The number of likely N-dealkylation sites (tertiary alicyclic amines) is 1. The molecule has 4 rings (SSSR count). The monoisotopic (exact) mass is 336 g/mol. The van der Waals surface area contributed by atoms with Gasteiger partial charge >= 0.3 is 0 Å². The van der Waals surface area contributed by atoms with Gasteiger partial charge < -0.3 is 9.63 Å². The van der Waals surface area contributed by atoms with Crippen LogP contribution in [0.4, 0.5) is 0 Å². The zero-order chi connectivity index (χ0) is 17.3. The molecule has 6 heteroatoms. The van der Waals surface area contributed by atoms with Gasteiger partial charge in [0.15, 0.2) is 0 Å². The molecule has 0 amide bonds. The summed E-state index contributed by atoms with van der Waals surface area (Å²) in [5.74, 6) is 1.09. The highest BCUT2D eigenvalue weighted by molar-refractivity contribution is 5.51. The molecule has 6 nitrogen and oxygen atoms in total. The van der Waals surface area contributed by atoms with Crippen molar-refractivity contribution in [2.75, 3.05) is 13.1 Å². The number of rotatable bonds is 4. The molecule has 1 aliphatic rings. The largest absolute Gasteiger partial charge is 0.384 e. The number of benzene rings is 1. The van der Waals surface area contributed by atoms with Crippen LogP contribution in [-0.2, 0) is 12.1 Å². The second-order valence-electron chi connectivity index (χ2n) is 6.56. The van der Waals surface area contributed by atoms with Gasteiger partial charge in [-0.3, -0.25) is 9.88 Å². The summed E-state index contributed by atoms with van der Waals surface area (Å²) < 4.78 is 5.37. The number of aryl methyl sites for hydroxylation is 1. The summed E-state index contributed by atoms with van der Waals surface area (Å²) in [5, 5.41) is 15.1. The third-order valence-corrected chi connectivity index (χ3v) is 4.72. The normalized spacial score (nSPS) is 20.9. The zero-order valence-electron chi connectivity index (χ0n) is 14.1. The second kappa shape index (κ2) is 6.38. The Kier molecular flexibility index (Phi) is 4.07. The molecular weight excluding hydrogens is 316 g/mol. The van der Waals surface area contributed by atoms with Crippen LogP contribution in [0.15, 0.2) is 53.3 Å². The van der Waals surface area contributed by atoms with Crippen molar-refractivity contribution < 1.29 is 9.63 Å². The van der Waals surface area contributed by atoms with Gasteiger partial charge in [0.25, 0.3) is 0 Å². The summed E-state index contributed by atoms with van der Waals surface area (Å²) in [6, 6.07) is 11.7. The Bertz CT molecular complexity index is 865. The molecule has 0 unspecified atom stereocenters. The average molecular weight is 336 g/mol. The molecule has 1 atom stereocenters. The van der Waals surface area contributed by atoms with Crippen molar-refractivity contribution in [2.45, 2.75) is 25.5 Å². The number of hydrogen-bond acceptors (Lipinski definition) is 6. The summed E-state index contributed by atoms with van der Waals surface area (Å²) >= 11 is 0. The van der Waals surface area contributed by atoms with Crippen molar-refractivity contribution in [1.82, 2.24) is 20.0 Å². The van der Waals surface area contributed by atoms with Gasteiger partial charge in [-0.05, 0) is 36.6 Å². The first-order chi connectivity index (χ1) is 12.1. The predicted molar refractivity (Wildman–Crippen MR) is 92.5 cm³/mol. The number of nitrogens with zero attached hydrogens (tertiary/aromatic N) is 4. The van der Waals surface area contributed by atoms with Crippen molar-refractivity contribution in [3.05, 3.63) is 65.8 Å². The van der Waals surface area contributed by atoms with Gasteiger partial charge in [-0.2, -0.15) is 4.98 Å². The molecule has 128 valence electrons. The average Bonchev–Trinajstić information content (AvgIpc) is 3.24. The second-order valence-corrected chi connectivity index (χ2v) is 6.56. The van der Waals surface area contributed by atoms with Crippen LogP contribution < -0.4 is 0 Å². The first-order valence-electron chi connectivity index (χ1n) is 8.38. The molecular formula is C19H20N4O2. The Balaban J connectivity index is 1.47. The Hall–Kier alpha value is -2.57. The number of β-amino-alcohol motifs (C(OH)–C–C–N with tert-alkyl or cyclic N) is 1. The van der Waals surface area contributed by atoms with E-state index in [0.29, 0.717) is 31.2 Å². The predicted octanol–water partition coefficient (Wildman–Crippen LogP) is 2.53. The summed E-state index contributed by atoms with van der Waals surface area (Å²) in [7, 11) is 0. The van der Waals surface area contributed by atoms with Crippen LogP contribution in [0.5, 0.6) is 0 Å². The lowest BCUT2D eigenvalue weighted by Gasteiger charge is -2.25. The Morgan fingerprint density at radius 1 is 1.24 bits per heavy atom. The van der Waals surface area contributed by atoms with Crippen LogP contribution in [0.25, 0.3) is 11.4 Å². The standard InChI is InChI=1S/C19H20N4O2/c1-14-5-2-3-7-16(14)19(24)8-10-23(13-19)12-17-21-18(22-25-17)15-6-4-9-20-11-15/h2-7,9,11,24H,8,10,12-13H2,1H3/t19-/m1/s1. The Morgan fingerprint density at radius 3 is 2.92 bits per heavy atom. The molecule has 0 bridgehead atoms. The van der Waals surface area contributed by atoms with Crippen molar-refractivity contribution in [3.8, 4) is 11.4 Å². The first-order valence-corrected chi connectivity index (χ1v) is 8.38. The molecule has 3 aromatic rings. The highest BCUT2D eigenvalue weighted by Gasteiger charge is 2.38. The molecule has 1 fully saturated rings. The van der Waals surface area contributed by atoms with Gasteiger partial charge in [-0.15, -0.1) is 0 Å². The third kappa shape index (κ3) is 3.18. The van der Waals surface area contributed by atoms with Crippen LogP contribution in [0.3, 0.4) is 0 Å². The lowest BCUT2D eigenvalue weighted by molar-refractivity contribution is 0.0435. The fraction of sp³-hybridized carbons (Fsp3) is 0.316. The molecule has 0 spiro atoms. The van der Waals surface area contributed by atoms with E-state index in [9.17, 15) is 5.11 Å². The van der Waals surface area contributed by atoms with Crippen molar-refractivity contribution >= 4 is 0 Å². The maximum atomic E-state index is 11.1. The van der Waals surface area contributed by atoms with Crippen molar-refractivity contribution in [3.63, 3.8) is 0 Å². The molecule has 1 N–H and O–H groups in total. The lowest BCUT2D eigenvalue weighted by atomic mass is 9.89. The van der Waals surface area contributed by atoms with Gasteiger partial charge in [0, 0.05) is 31.0 Å². The summed E-state index contributed by atoms with van der Waals surface area (Å²) in [6.45, 7) is 3.91. The highest BCUT2D eigenvalue weighted by Crippen LogP contribution is 2.34. The SMILES string of the molecule is Cc1ccccc1[C@@]1(O)CCN(Cc2nc(-c3cccnc3)no2)C1. The van der Waals surface area contributed by atoms with Gasteiger partial charge in [0.1, 0.15) is 5.60 Å². The smallest absolute Gasteiger partial charge is 0.241 e. The Labute approximate surface area is 146 Å². The lowest BCUT2D eigenvalue weighted by Crippen LogP contribution is -2.31. The molecule has 1 aromatic carbocycles.